The number of piperidine rings is 1. The zero-order valence-corrected chi connectivity index (χ0v) is 16.8. The van der Waals surface area contributed by atoms with Crippen LogP contribution in [-0.2, 0) is 16.4 Å². The topological polar surface area (TPSA) is 65.2 Å². The van der Waals surface area contributed by atoms with Gasteiger partial charge in [0.25, 0.3) is 0 Å². The molecule has 4 rings (SSSR count). The number of para-hydroxylation sites is 1. The van der Waals surface area contributed by atoms with Gasteiger partial charge >= 0.3 is 0 Å². The number of nitrogens with zero attached hydrogens (tertiary/aromatic N) is 1. The molecule has 1 aliphatic rings. The van der Waals surface area contributed by atoms with Crippen LogP contribution in [0.2, 0.25) is 0 Å². The summed E-state index contributed by atoms with van der Waals surface area (Å²) in [5.74, 6) is 0.724. The van der Waals surface area contributed by atoms with Gasteiger partial charge in [-0.3, -0.25) is 0 Å². The maximum absolute atomic E-state index is 12.7. The smallest absolute Gasteiger partial charge is 0.242 e. The summed E-state index contributed by atoms with van der Waals surface area (Å²) < 4.78 is 28.1. The molecule has 0 saturated carbocycles. The lowest BCUT2D eigenvalue weighted by atomic mass is 9.90. The van der Waals surface area contributed by atoms with Gasteiger partial charge < -0.3 is 9.88 Å². The van der Waals surface area contributed by atoms with Crippen LogP contribution in [0.25, 0.3) is 10.9 Å². The molecule has 1 saturated heterocycles. The molecule has 1 aliphatic heterocycles. The van der Waals surface area contributed by atoms with E-state index in [0.717, 1.165) is 42.9 Å². The summed E-state index contributed by atoms with van der Waals surface area (Å²) in [7, 11) is -3.50. The van der Waals surface area contributed by atoms with Gasteiger partial charge in [0.2, 0.25) is 10.0 Å². The Balaban J connectivity index is 1.25. The minimum Gasteiger partial charge on any atom is -0.360 e. The summed E-state index contributed by atoms with van der Waals surface area (Å²) in [6, 6.07) is 18.1. The van der Waals surface area contributed by atoms with E-state index in [1.807, 2.05) is 24.3 Å². The summed E-state index contributed by atoms with van der Waals surface area (Å²) in [6.07, 6.45) is 5.05. The highest BCUT2D eigenvalue weighted by molar-refractivity contribution is 7.89. The van der Waals surface area contributed by atoms with Crippen molar-refractivity contribution in [1.29, 1.82) is 0 Å². The van der Waals surface area contributed by atoms with E-state index in [9.17, 15) is 8.42 Å². The Morgan fingerprint density at radius 2 is 1.71 bits per heavy atom. The molecule has 1 aromatic heterocycles. The first-order chi connectivity index (χ1) is 13.6. The predicted octanol–water partition coefficient (Wildman–Crippen LogP) is 3.40. The van der Waals surface area contributed by atoms with Crippen molar-refractivity contribution < 1.29 is 8.42 Å². The van der Waals surface area contributed by atoms with Crippen molar-refractivity contribution >= 4 is 20.9 Å². The first-order valence-corrected chi connectivity index (χ1v) is 11.4. The molecule has 148 valence electrons. The van der Waals surface area contributed by atoms with E-state index in [-0.39, 0.29) is 0 Å². The van der Waals surface area contributed by atoms with Crippen molar-refractivity contribution in [2.75, 3.05) is 26.2 Å². The molecule has 0 aliphatic carbocycles. The Kier molecular flexibility index (Phi) is 5.80. The SMILES string of the molecule is O=S(=O)(NCCN1CCC(Cc2ccccc2)CC1)c1c[nH]c2ccccc12. The number of hydrogen-bond donors (Lipinski definition) is 2. The third-order valence-electron chi connectivity index (χ3n) is 5.64. The molecule has 2 heterocycles. The van der Waals surface area contributed by atoms with E-state index in [4.69, 9.17) is 0 Å². The minimum atomic E-state index is -3.50. The normalized spacial score (nSPS) is 16.6. The first-order valence-electron chi connectivity index (χ1n) is 9.94. The molecule has 0 radical (unpaired) electrons. The van der Waals surface area contributed by atoms with Crippen LogP contribution in [0, 0.1) is 5.92 Å². The van der Waals surface area contributed by atoms with E-state index < -0.39 is 10.0 Å². The molecule has 5 nitrogen and oxygen atoms in total. The van der Waals surface area contributed by atoms with E-state index >= 15 is 0 Å². The zero-order valence-electron chi connectivity index (χ0n) is 16.0. The van der Waals surface area contributed by atoms with Gasteiger partial charge in [0.1, 0.15) is 4.90 Å². The van der Waals surface area contributed by atoms with Crippen LogP contribution in [0.3, 0.4) is 0 Å². The predicted molar refractivity (Wildman–Crippen MR) is 113 cm³/mol. The number of nitrogens with one attached hydrogen (secondary N) is 2. The molecule has 2 N–H and O–H groups in total. The molecule has 0 spiro atoms. The molecule has 0 bridgehead atoms. The monoisotopic (exact) mass is 397 g/mol. The van der Waals surface area contributed by atoms with E-state index in [1.54, 1.807) is 6.20 Å². The lowest BCUT2D eigenvalue weighted by molar-refractivity contribution is 0.187. The van der Waals surface area contributed by atoms with Crippen LogP contribution in [-0.4, -0.2) is 44.5 Å². The van der Waals surface area contributed by atoms with Crippen molar-refractivity contribution in [3.8, 4) is 0 Å². The highest BCUT2D eigenvalue weighted by atomic mass is 32.2. The maximum atomic E-state index is 12.7. The van der Waals surface area contributed by atoms with Gasteiger partial charge in [-0.2, -0.15) is 0 Å². The molecule has 0 amide bonds. The molecule has 1 fully saturated rings. The van der Waals surface area contributed by atoms with E-state index in [0.29, 0.717) is 11.4 Å². The molecular weight excluding hydrogens is 370 g/mol. The fourth-order valence-corrected chi connectivity index (χ4v) is 5.24. The van der Waals surface area contributed by atoms with Gasteiger partial charge in [-0.25, -0.2) is 13.1 Å². The number of aromatic nitrogens is 1. The quantitative estimate of drug-likeness (QED) is 0.642. The second-order valence-corrected chi connectivity index (χ2v) is 9.31. The number of rotatable bonds is 7. The summed E-state index contributed by atoms with van der Waals surface area (Å²) in [5, 5.41) is 0.733. The first kappa shape index (κ1) is 19.2. The van der Waals surface area contributed by atoms with Crippen molar-refractivity contribution in [2.45, 2.75) is 24.2 Å². The minimum absolute atomic E-state index is 0.324. The van der Waals surface area contributed by atoms with Gasteiger partial charge in [-0.15, -0.1) is 0 Å². The van der Waals surface area contributed by atoms with Crippen LogP contribution in [0.5, 0.6) is 0 Å². The Morgan fingerprint density at radius 3 is 2.50 bits per heavy atom. The summed E-state index contributed by atoms with van der Waals surface area (Å²) in [5.41, 5.74) is 2.25. The highest BCUT2D eigenvalue weighted by Crippen LogP contribution is 2.23. The third-order valence-corrected chi connectivity index (χ3v) is 7.14. The van der Waals surface area contributed by atoms with Gasteiger partial charge in [0.05, 0.1) is 0 Å². The maximum Gasteiger partial charge on any atom is 0.242 e. The van der Waals surface area contributed by atoms with Crippen LogP contribution in [0.15, 0.2) is 65.7 Å². The van der Waals surface area contributed by atoms with Crippen molar-refractivity contribution in [3.05, 3.63) is 66.4 Å². The lowest BCUT2D eigenvalue weighted by Crippen LogP contribution is -2.39. The average Bonchev–Trinajstić information content (AvgIpc) is 3.15. The number of sulfonamides is 1. The number of fused-ring (bicyclic) bond motifs is 1. The molecule has 3 aromatic rings. The van der Waals surface area contributed by atoms with Gasteiger partial charge in [0.15, 0.2) is 0 Å². The highest BCUT2D eigenvalue weighted by Gasteiger charge is 2.21. The van der Waals surface area contributed by atoms with Crippen LogP contribution in [0.1, 0.15) is 18.4 Å². The second-order valence-electron chi connectivity index (χ2n) is 7.57. The van der Waals surface area contributed by atoms with Crippen molar-refractivity contribution in [2.24, 2.45) is 5.92 Å². The summed E-state index contributed by atoms with van der Waals surface area (Å²) >= 11 is 0. The van der Waals surface area contributed by atoms with Gasteiger partial charge in [-0.05, 0) is 49.9 Å². The van der Waals surface area contributed by atoms with E-state index in [1.165, 1.54) is 18.4 Å². The summed E-state index contributed by atoms with van der Waals surface area (Å²) in [4.78, 5) is 5.71. The van der Waals surface area contributed by atoms with Crippen LogP contribution in [0.4, 0.5) is 0 Å². The fourth-order valence-electron chi connectivity index (χ4n) is 4.04. The number of benzene rings is 2. The average molecular weight is 398 g/mol. The lowest BCUT2D eigenvalue weighted by Gasteiger charge is -2.32. The fraction of sp³-hybridized carbons (Fsp3) is 0.364. The van der Waals surface area contributed by atoms with E-state index in [2.05, 4.69) is 44.9 Å². The molecule has 2 aromatic carbocycles. The summed E-state index contributed by atoms with van der Waals surface area (Å²) in [6.45, 7) is 3.25. The number of aromatic amines is 1. The Morgan fingerprint density at radius 1 is 1.00 bits per heavy atom. The number of H-pyrrole nitrogens is 1. The standard InChI is InChI=1S/C22H27N3O2S/c26-28(27,22-17-23-21-9-5-4-8-20(21)22)24-12-15-25-13-10-19(11-14-25)16-18-6-2-1-3-7-18/h1-9,17,19,23-24H,10-16H2. The molecule has 6 heteroatoms. The molecule has 0 unspecified atom stereocenters. The second kappa shape index (κ2) is 8.47. The largest absolute Gasteiger partial charge is 0.360 e. The third kappa shape index (κ3) is 4.46. The Bertz CT molecular complexity index is 1010. The Labute approximate surface area is 166 Å². The van der Waals surface area contributed by atoms with Crippen molar-refractivity contribution in [1.82, 2.24) is 14.6 Å². The van der Waals surface area contributed by atoms with Crippen LogP contribution < -0.4 is 4.72 Å². The van der Waals surface area contributed by atoms with Gasteiger partial charge in [-0.1, -0.05) is 48.5 Å². The van der Waals surface area contributed by atoms with Crippen LogP contribution >= 0.6 is 0 Å². The molecular formula is C22H27N3O2S. The zero-order chi connectivity index (χ0) is 19.4. The Hall–Kier alpha value is -2.15. The number of likely N-dealkylation sites (tertiary alicyclic amines) is 1. The molecule has 0 atom stereocenters. The molecule has 28 heavy (non-hydrogen) atoms. The van der Waals surface area contributed by atoms with Crippen molar-refractivity contribution in [3.63, 3.8) is 0 Å². The number of hydrogen-bond acceptors (Lipinski definition) is 3. The van der Waals surface area contributed by atoms with Gasteiger partial charge in [0, 0.05) is 30.2 Å².